The second-order valence-electron chi connectivity index (χ2n) is 2.99. The number of hydrogen-bond donors (Lipinski definition) is 2. The summed E-state index contributed by atoms with van der Waals surface area (Å²) >= 11 is 0.947. The number of rotatable bonds is 4. The van der Waals surface area contributed by atoms with Crippen LogP contribution in [0.25, 0.3) is 0 Å². The Hall–Kier alpha value is -0.760. The number of aromatic nitrogens is 3. The molecule has 0 saturated heterocycles. The van der Waals surface area contributed by atoms with Crippen molar-refractivity contribution >= 4 is 11.8 Å². The number of H-pyrrole nitrogens is 1. The Morgan fingerprint density at radius 1 is 1.53 bits per heavy atom. The molecule has 8 heteroatoms. The van der Waals surface area contributed by atoms with E-state index in [1.54, 1.807) is 6.92 Å². The van der Waals surface area contributed by atoms with E-state index in [0.717, 1.165) is 11.8 Å². The highest BCUT2D eigenvalue weighted by Gasteiger charge is 2.38. The Labute approximate surface area is 88.8 Å². The molecular formula is C7H11F3N4S. The monoisotopic (exact) mass is 240 g/mol. The van der Waals surface area contributed by atoms with Gasteiger partial charge in [-0.3, -0.25) is 5.10 Å². The predicted molar refractivity (Wildman–Crippen MR) is 50.4 cm³/mol. The quantitative estimate of drug-likeness (QED) is 0.779. The van der Waals surface area contributed by atoms with Crippen LogP contribution in [-0.2, 0) is 0 Å². The lowest BCUT2D eigenvalue weighted by molar-refractivity contribution is -0.165. The second kappa shape index (κ2) is 4.84. The van der Waals surface area contributed by atoms with Gasteiger partial charge in [-0.05, 0) is 6.92 Å². The molecule has 0 aromatic carbocycles. The SMILES string of the molecule is Cc1nc(SCC(CN)C(F)(F)F)n[nH]1. The number of aryl methyl sites for hydroxylation is 1. The fourth-order valence-electron chi connectivity index (χ4n) is 0.858. The van der Waals surface area contributed by atoms with E-state index < -0.39 is 18.6 Å². The first-order valence-corrected chi connectivity index (χ1v) is 5.20. The zero-order chi connectivity index (χ0) is 11.5. The molecule has 0 bridgehead atoms. The summed E-state index contributed by atoms with van der Waals surface area (Å²) in [6.45, 7) is 1.27. The molecule has 86 valence electrons. The van der Waals surface area contributed by atoms with Crippen LogP contribution in [0.2, 0.25) is 0 Å². The zero-order valence-electron chi connectivity index (χ0n) is 8.01. The Morgan fingerprint density at radius 3 is 2.60 bits per heavy atom. The normalized spacial score (nSPS) is 14.2. The molecule has 0 amide bonds. The Bertz CT molecular complexity index is 311. The van der Waals surface area contributed by atoms with Crippen molar-refractivity contribution in [1.29, 1.82) is 0 Å². The number of alkyl halides is 3. The van der Waals surface area contributed by atoms with Gasteiger partial charge in [0.2, 0.25) is 5.16 Å². The van der Waals surface area contributed by atoms with Gasteiger partial charge in [0.25, 0.3) is 0 Å². The molecule has 0 fully saturated rings. The van der Waals surface area contributed by atoms with Gasteiger partial charge in [-0.2, -0.15) is 13.2 Å². The molecule has 1 heterocycles. The van der Waals surface area contributed by atoms with Gasteiger partial charge >= 0.3 is 6.18 Å². The summed E-state index contributed by atoms with van der Waals surface area (Å²) in [4.78, 5) is 3.89. The smallest absolute Gasteiger partial charge is 0.330 e. The van der Waals surface area contributed by atoms with Crippen molar-refractivity contribution in [3.05, 3.63) is 5.82 Å². The molecule has 1 aromatic rings. The molecule has 15 heavy (non-hydrogen) atoms. The minimum absolute atomic E-state index is 0.155. The third-order valence-corrected chi connectivity index (χ3v) is 2.75. The number of thioether (sulfide) groups is 1. The van der Waals surface area contributed by atoms with E-state index in [1.807, 2.05) is 0 Å². The fourth-order valence-corrected chi connectivity index (χ4v) is 1.85. The van der Waals surface area contributed by atoms with Crippen LogP contribution in [-0.4, -0.2) is 33.7 Å². The summed E-state index contributed by atoms with van der Waals surface area (Å²) in [5.74, 6) is -1.09. The zero-order valence-corrected chi connectivity index (χ0v) is 8.82. The van der Waals surface area contributed by atoms with E-state index in [9.17, 15) is 13.2 Å². The van der Waals surface area contributed by atoms with Gasteiger partial charge in [0.05, 0.1) is 5.92 Å². The first-order chi connectivity index (χ1) is 6.93. The molecule has 0 spiro atoms. The van der Waals surface area contributed by atoms with Crippen molar-refractivity contribution in [3.63, 3.8) is 0 Å². The van der Waals surface area contributed by atoms with Crippen LogP contribution in [0.4, 0.5) is 13.2 Å². The Balaban J connectivity index is 2.48. The summed E-state index contributed by atoms with van der Waals surface area (Å²) in [7, 11) is 0. The molecule has 0 radical (unpaired) electrons. The summed E-state index contributed by atoms with van der Waals surface area (Å²) in [5, 5.41) is 6.59. The van der Waals surface area contributed by atoms with E-state index in [0.29, 0.717) is 11.0 Å². The minimum Gasteiger partial charge on any atom is -0.330 e. The lowest BCUT2D eigenvalue weighted by Crippen LogP contribution is -2.32. The lowest BCUT2D eigenvalue weighted by atomic mass is 10.2. The highest BCUT2D eigenvalue weighted by molar-refractivity contribution is 7.99. The molecule has 1 atom stereocenters. The van der Waals surface area contributed by atoms with Crippen LogP contribution in [0.3, 0.4) is 0 Å². The molecule has 1 aromatic heterocycles. The fraction of sp³-hybridized carbons (Fsp3) is 0.714. The predicted octanol–water partition coefficient (Wildman–Crippen LogP) is 1.34. The number of nitrogens with one attached hydrogen (secondary N) is 1. The van der Waals surface area contributed by atoms with Crippen LogP contribution in [0.15, 0.2) is 5.16 Å². The molecule has 0 aliphatic carbocycles. The van der Waals surface area contributed by atoms with Crippen molar-refractivity contribution in [1.82, 2.24) is 15.2 Å². The van der Waals surface area contributed by atoms with E-state index >= 15 is 0 Å². The molecule has 1 rings (SSSR count). The molecule has 4 nitrogen and oxygen atoms in total. The van der Waals surface area contributed by atoms with Crippen molar-refractivity contribution in [2.24, 2.45) is 11.7 Å². The first-order valence-electron chi connectivity index (χ1n) is 4.22. The Kier molecular flexibility index (Phi) is 3.97. The largest absolute Gasteiger partial charge is 0.393 e. The minimum atomic E-state index is -4.26. The van der Waals surface area contributed by atoms with Gasteiger partial charge in [-0.25, -0.2) is 4.98 Å². The average Bonchev–Trinajstić information content (AvgIpc) is 2.50. The standard InChI is InChI=1S/C7H11F3N4S/c1-4-12-6(14-13-4)15-3-5(2-11)7(8,9)10/h5H,2-3,11H2,1H3,(H,12,13,14). The highest BCUT2D eigenvalue weighted by atomic mass is 32.2. The maximum absolute atomic E-state index is 12.3. The molecule has 0 aliphatic heterocycles. The average molecular weight is 240 g/mol. The van der Waals surface area contributed by atoms with E-state index in [-0.39, 0.29) is 5.75 Å². The molecule has 0 aliphatic rings. The first kappa shape index (κ1) is 12.3. The summed E-state index contributed by atoms with van der Waals surface area (Å²) < 4.78 is 36.9. The third kappa shape index (κ3) is 3.71. The van der Waals surface area contributed by atoms with E-state index in [2.05, 4.69) is 15.2 Å². The van der Waals surface area contributed by atoms with Crippen molar-refractivity contribution in [3.8, 4) is 0 Å². The van der Waals surface area contributed by atoms with Crippen molar-refractivity contribution < 1.29 is 13.2 Å². The lowest BCUT2D eigenvalue weighted by Gasteiger charge is -2.16. The number of hydrogen-bond acceptors (Lipinski definition) is 4. The highest BCUT2D eigenvalue weighted by Crippen LogP contribution is 2.29. The number of nitrogens with two attached hydrogens (primary N) is 1. The van der Waals surface area contributed by atoms with Crippen LogP contribution in [0.1, 0.15) is 5.82 Å². The van der Waals surface area contributed by atoms with Gasteiger partial charge < -0.3 is 5.73 Å². The van der Waals surface area contributed by atoms with Gasteiger partial charge in [0, 0.05) is 12.3 Å². The molecule has 3 N–H and O–H groups in total. The van der Waals surface area contributed by atoms with E-state index in [4.69, 9.17) is 5.73 Å². The van der Waals surface area contributed by atoms with Gasteiger partial charge in [-0.15, -0.1) is 5.10 Å². The van der Waals surface area contributed by atoms with Crippen LogP contribution >= 0.6 is 11.8 Å². The van der Waals surface area contributed by atoms with Crippen molar-refractivity contribution in [2.45, 2.75) is 18.3 Å². The van der Waals surface area contributed by atoms with Crippen molar-refractivity contribution in [2.75, 3.05) is 12.3 Å². The van der Waals surface area contributed by atoms with Gasteiger partial charge in [-0.1, -0.05) is 11.8 Å². The maximum atomic E-state index is 12.3. The van der Waals surface area contributed by atoms with Crippen LogP contribution < -0.4 is 5.73 Å². The number of aromatic amines is 1. The van der Waals surface area contributed by atoms with Gasteiger partial charge in [0.15, 0.2) is 0 Å². The topological polar surface area (TPSA) is 67.6 Å². The van der Waals surface area contributed by atoms with Gasteiger partial charge in [0.1, 0.15) is 5.82 Å². The number of halogens is 3. The Morgan fingerprint density at radius 2 is 2.20 bits per heavy atom. The summed E-state index contributed by atoms with van der Waals surface area (Å²) in [6, 6.07) is 0. The number of nitrogens with zero attached hydrogens (tertiary/aromatic N) is 2. The molecule has 1 unspecified atom stereocenters. The molecule has 0 saturated carbocycles. The summed E-state index contributed by atoms with van der Waals surface area (Å²) in [6.07, 6.45) is -4.26. The van der Waals surface area contributed by atoms with Crippen LogP contribution in [0.5, 0.6) is 0 Å². The second-order valence-corrected chi connectivity index (χ2v) is 3.98. The summed E-state index contributed by atoms with van der Waals surface area (Å²) in [5.41, 5.74) is 5.05. The maximum Gasteiger partial charge on any atom is 0.393 e. The van der Waals surface area contributed by atoms with E-state index in [1.165, 1.54) is 0 Å². The molecular weight excluding hydrogens is 229 g/mol. The van der Waals surface area contributed by atoms with Crippen LogP contribution in [0, 0.1) is 12.8 Å². The third-order valence-electron chi connectivity index (χ3n) is 1.74.